The lowest BCUT2D eigenvalue weighted by Gasteiger charge is -2.18. The van der Waals surface area contributed by atoms with E-state index >= 15 is 0 Å². The third-order valence-electron chi connectivity index (χ3n) is 1.93. The second kappa shape index (κ2) is 3.46. The molecule has 1 aromatic rings. The third kappa shape index (κ3) is 1.58. The molecule has 0 unspecified atom stereocenters. The highest BCUT2D eigenvalue weighted by Gasteiger charge is 2.13. The predicted molar refractivity (Wildman–Crippen MR) is 52.2 cm³/mol. The first kappa shape index (κ1) is 8.69. The van der Waals surface area contributed by atoms with Crippen LogP contribution in [0.2, 0.25) is 0 Å². The Balaban J connectivity index is 2.44. The van der Waals surface area contributed by atoms with Gasteiger partial charge in [-0.2, -0.15) is 0 Å². The van der Waals surface area contributed by atoms with Gasteiger partial charge >= 0.3 is 0 Å². The molecular formula is C9H10FNOS. The summed E-state index contributed by atoms with van der Waals surface area (Å²) >= 11 is 1.72. The summed E-state index contributed by atoms with van der Waals surface area (Å²) in [7, 11) is 1.48. The molecule has 4 heteroatoms. The van der Waals surface area contributed by atoms with Gasteiger partial charge in [-0.15, -0.1) is 11.8 Å². The van der Waals surface area contributed by atoms with E-state index in [1.807, 2.05) is 0 Å². The van der Waals surface area contributed by atoms with Crippen molar-refractivity contribution in [1.29, 1.82) is 0 Å². The molecule has 0 spiro atoms. The van der Waals surface area contributed by atoms with Gasteiger partial charge in [-0.05, 0) is 6.07 Å². The first-order valence-corrected chi connectivity index (χ1v) is 5.04. The van der Waals surface area contributed by atoms with Crippen LogP contribution in [0.5, 0.6) is 5.75 Å². The van der Waals surface area contributed by atoms with Crippen LogP contribution in [-0.2, 0) is 0 Å². The van der Waals surface area contributed by atoms with Gasteiger partial charge in [0.05, 0.1) is 12.8 Å². The zero-order chi connectivity index (χ0) is 9.26. The van der Waals surface area contributed by atoms with Gasteiger partial charge in [0.15, 0.2) is 11.6 Å². The van der Waals surface area contributed by atoms with Crippen molar-refractivity contribution in [3.63, 3.8) is 0 Å². The van der Waals surface area contributed by atoms with Gasteiger partial charge in [0, 0.05) is 23.3 Å². The first-order valence-electron chi connectivity index (χ1n) is 4.05. The van der Waals surface area contributed by atoms with Crippen molar-refractivity contribution in [2.24, 2.45) is 0 Å². The average molecular weight is 199 g/mol. The summed E-state index contributed by atoms with van der Waals surface area (Å²) in [5.74, 6) is 1.02. The summed E-state index contributed by atoms with van der Waals surface area (Å²) in [5.41, 5.74) is 0.870. The van der Waals surface area contributed by atoms with Gasteiger partial charge in [0.1, 0.15) is 0 Å². The Kier molecular flexibility index (Phi) is 2.31. The molecular weight excluding hydrogens is 189 g/mol. The molecule has 0 atom stereocenters. The second-order valence-electron chi connectivity index (χ2n) is 2.76. The van der Waals surface area contributed by atoms with Crippen LogP contribution in [0.3, 0.4) is 0 Å². The molecule has 1 heterocycles. The van der Waals surface area contributed by atoms with E-state index in [-0.39, 0.29) is 5.82 Å². The van der Waals surface area contributed by atoms with Gasteiger partial charge in [0.25, 0.3) is 0 Å². The van der Waals surface area contributed by atoms with Crippen LogP contribution in [0.1, 0.15) is 0 Å². The van der Waals surface area contributed by atoms with Crippen LogP contribution < -0.4 is 10.1 Å². The Hall–Kier alpha value is -0.900. The topological polar surface area (TPSA) is 21.3 Å². The summed E-state index contributed by atoms with van der Waals surface area (Å²) in [6.07, 6.45) is 0. The quantitative estimate of drug-likeness (QED) is 0.750. The molecule has 13 heavy (non-hydrogen) atoms. The van der Waals surface area contributed by atoms with Crippen LogP contribution >= 0.6 is 11.8 Å². The molecule has 70 valence electrons. The Labute approximate surface area is 80.5 Å². The molecule has 0 amide bonds. The predicted octanol–water partition coefficient (Wildman–Crippen LogP) is 2.35. The molecule has 0 aromatic heterocycles. The van der Waals surface area contributed by atoms with E-state index in [9.17, 15) is 4.39 Å². The summed E-state index contributed by atoms with van der Waals surface area (Å²) in [6, 6.07) is 3.22. The normalized spacial score (nSPS) is 14.6. The lowest BCUT2D eigenvalue weighted by atomic mass is 10.3. The van der Waals surface area contributed by atoms with E-state index in [2.05, 4.69) is 5.32 Å². The zero-order valence-electron chi connectivity index (χ0n) is 7.26. The molecule has 1 aromatic carbocycles. The van der Waals surface area contributed by atoms with E-state index in [0.717, 1.165) is 22.9 Å². The Bertz CT molecular complexity index is 330. The molecule has 1 N–H and O–H groups in total. The van der Waals surface area contributed by atoms with E-state index in [4.69, 9.17) is 4.74 Å². The lowest BCUT2D eigenvalue weighted by molar-refractivity contribution is 0.385. The lowest BCUT2D eigenvalue weighted by Crippen LogP contribution is -2.10. The Morgan fingerprint density at radius 2 is 2.38 bits per heavy atom. The average Bonchev–Trinajstić information content (AvgIpc) is 2.17. The van der Waals surface area contributed by atoms with Crippen LogP contribution in [0, 0.1) is 5.82 Å². The maximum atomic E-state index is 13.2. The minimum Gasteiger partial charge on any atom is -0.494 e. The third-order valence-corrected chi connectivity index (χ3v) is 2.99. The van der Waals surface area contributed by atoms with E-state index in [1.165, 1.54) is 13.2 Å². The van der Waals surface area contributed by atoms with Crippen LogP contribution in [0.4, 0.5) is 10.1 Å². The number of fused-ring (bicyclic) bond motifs is 1. The van der Waals surface area contributed by atoms with Crippen molar-refractivity contribution in [3.8, 4) is 5.75 Å². The SMILES string of the molecule is COc1cc2c(cc1F)NCCS2. The molecule has 0 bridgehead atoms. The molecule has 0 radical (unpaired) electrons. The van der Waals surface area contributed by atoms with Gasteiger partial charge < -0.3 is 10.1 Å². The number of hydrogen-bond donors (Lipinski definition) is 1. The van der Waals surface area contributed by atoms with Crippen molar-refractivity contribution in [2.45, 2.75) is 4.90 Å². The fourth-order valence-electron chi connectivity index (χ4n) is 1.30. The molecule has 1 aliphatic heterocycles. The molecule has 2 rings (SSSR count). The van der Waals surface area contributed by atoms with Crippen molar-refractivity contribution in [2.75, 3.05) is 24.7 Å². The zero-order valence-corrected chi connectivity index (χ0v) is 8.08. The van der Waals surface area contributed by atoms with Crippen molar-refractivity contribution in [1.82, 2.24) is 0 Å². The Morgan fingerprint density at radius 3 is 3.15 bits per heavy atom. The van der Waals surface area contributed by atoms with Gasteiger partial charge in [-0.1, -0.05) is 0 Å². The maximum absolute atomic E-state index is 13.2. The number of anilines is 1. The van der Waals surface area contributed by atoms with Crippen LogP contribution in [0.25, 0.3) is 0 Å². The van der Waals surface area contributed by atoms with E-state index < -0.39 is 0 Å². The first-order chi connectivity index (χ1) is 6.31. The minimum absolute atomic E-state index is 0.309. The van der Waals surface area contributed by atoms with Crippen LogP contribution in [0.15, 0.2) is 17.0 Å². The number of ether oxygens (including phenoxy) is 1. The summed E-state index contributed by atoms with van der Waals surface area (Å²) in [5, 5.41) is 3.14. The smallest absolute Gasteiger partial charge is 0.167 e. The second-order valence-corrected chi connectivity index (χ2v) is 3.89. The van der Waals surface area contributed by atoms with E-state index in [1.54, 1.807) is 17.8 Å². The molecule has 1 aliphatic rings. The Morgan fingerprint density at radius 1 is 1.54 bits per heavy atom. The number of hydrogen-bond acceptors (Lipinski definition) is 3. The van der Waals surface area contributed by atoms with E-state index in [0.29, 0.717) is 5.75 Å². The largest absolute Gasteiger partial charge is 0.494 e. The summed E-state index contributed by atoms with van der Waals surface area (Å²) in [4.78, 5) is 1.06. The van der Waals surface area contributed by atoms with Crippen molar-refractivity contribution in [3.05, 3.63) is 17.9 Å². The number of rotatable bonds is 1. The van der Waals surface area contributed by atoms with Crippen molar-refractivity contribution >= 4 is 17.4 Å². The number of nitrogens with one attached hydrogen (secondary N) is 1. The number of halogens is 1. The summed E-state index contributed by atoms with van der Waals surface area (Å²) in [6.45, 7) is 0.892. The van der Waals surface area contributed by atoms with Gasteiger partial charge in [0.2, 0.25) is 0 Å². The fraction of sp³-hybridized carbons (Fsp3) is 0.333. The van der Waals surface area contributed by atoms with Crippen molar-refractivity contribution < 1.29 is 9.13 Å². The number of thioether (sulfide) groups is 1. The number of benzene rings is 1. The molecule has 0 saturated carbocycles. The standard InChI is InChI=1S/C9H10FNOS/c1-12-8-5-9-7(4-6(8)10)11-2-3-13-9/h4-5,11H,2-3H2,1H3. The van der Waals surface area contributed by atoms with Crippen LogP contribution in [-0.4, -0.2) is 19.4 Å². The molecule has 2 nitrogen and oxygen atoms in total. The molecule has 0 aliphatic carbocycles. The summed E-state index contributed by atoms with van der Waals surface area (Å²) < 4.78 is 18.1. The molecule has 0 saturated heterocycles. The monoisotopic (exact) mass is 199 g/mol. The van der Waals surface area contributed by atoms with Gasteiger partial charge in [-0.3, -0.25) is 0 Å². The molecule has 0 fully saturated rings. The highest BCUT2D eigenvalue weighted by molar-refractivity contribution is 7.99. The highest BCUT2D eigenvalue weighted by atomic mass is 32.2. The number of methoxy groups -OCH3 is 1. The van der Waals surface area contributed by atoms with Gasteiger partial charge in [-0.25, -0.2) is 4.39 Å². The maximum Gasteiger partial charge on any atom is 0.167 e. The minimum atomic E-state index is -0.309. The highest BCUT2D eigenvalue weighted by Crippen LogP contribution is 2.35. The fourth-order valence-corrected chi connectivity index (χ4v) is 2.20.